The van der Waals surface area contributed by atoms with Gasteiger partial charge in [-0.2, -0.15) is 0 Å². The van der Waals surface area contributed by atoms with Crippen LogP contribution in [0.5, 0.6) is 0 Å². The highest BCUT2D eigenvalue weighted by Gasteiger charge is 2.15. The maximum atomic E-state index is 11.0. The average molecular weight is 175 g/mol. The second-order valence-corrected chi connectivity index (χ2v) is 3.67. The first-order chi connectivity index (χ1) is 6.27. The minimum Gasteiger partial charge on any atom is -0.300 e. The van der Waals surface area contributed by atoms with Crippen LogP contribution in [-0.2, 0) is 24.1 Å². The molecule has 0 atom stereocenters. The van der Waals surface area contributed by atoms with Crippen LogP contribution in [0.25, 0.3) is 0 Å². The van der Waals surface area contributed by atoms with E-state index in [0.29, 0.717) is 6.42 Å². The molecule has 2 nitrogen and oxygen atoms in total. The lowest BCUT2D eigenvalue weighted by Crippen LogP contribution is -2.01. The summed E-state index contributed by atoms with van der Waals surface area (Å²) in [5.74, 6) is 0.224. The Morgan fingerprint density at radius 1 is 1.46 bits per heavy atom. The predicted octanol–water partition coefficient (Wildman–Crippen LogP) is 1.70. The summed E-state index contributed by atoms with van der Waals surface area (Å²) >= 11 is 0. The lowest BCUT2D eigenvalue weighted by atomic mass is 10.0. The van der Waals surface area contributed by atoms with Gasteiger partial charge in [-0.3, -0.25) is 9.78 Å². The second kappa shape index (κ2) is 3.29. The second-order valence-electron chi connectivity index (χ2n) is 3.67. The maximum absolute atomic E-state index is 11.0. The SMILES string of the molecule is CC(=O)Cc1cncc2c1CCC2. The molecule has 68 valence electrons. The molecule has 1 heterocycles. The number of ketones is 1. The summed E-state index contributed by atoms with van der Waals surface area (Å²) in [4.78, 5) is 15.1. The Hall–Kier alpha value is -1.18. The van der Waals surface area contributed by atoms with Crippen molar-refractivity contribution in [3.63, 3.8) is 0 Å². The summed E-state index contributed by atoms with van der Waals surface area (Å²) in [5, 5.41) is 0. The molecule has 0 aliphatic heterocycles. The van der Waals surface area contributed by atoms with Crippen molar-refractivity contribution in [2.24, 2.45) is 0 Å². The standard InChI is InChI=1S/C11H13NO/c1-8(13)5-10-7-12-6-9-3-2-4-11(9)10/h6-7H,2-5H2,1H3. The van der Waals surface area contributed by atoms with Gasteiger partial charge in [-0.25, -0.2) is 0 Å². The molecule has 2 heteroatoms. The molecule has 1 aliphatic rings. The maximum Gasteiger partial charge on any atom is 0.134 e. The number of Topliss-reactive ketones (excluding diaryl/α,β-unsaturated/α-hetero) is 1. The van der Waals surface area contributed by atoms with Gasteiger partial charge < -0.3 is 0 Å². The van der Waals surface area contributed by atoms with Crippen LogP contribution in [0.15, 0.2) is 12.4 Å². The van der Waals surface area contributed by atoms with E-state index in [2.05, 4.69) is 4.98 Å². The summed E-state index contributed by atoms with van der Waals surface area (Å²) in [7, 11) is 0. The molecule has 0 bridgehead atoms. The molecule has 2 rings (SSSR count). The third-order valence-corrected chi connectivity index (χ3v) is 2.55. The zero-order valence-electron chi connectivity index (χ0n) is 7.84. The number of pyridine rings is 1. The van der Waals surface area contributed by atoms with Crippen LogP contribution < -0.4 is 0 Å². The van der Waals surface area contributed by atoms with Gasteiger partial charge in [0.05, 0.1) is 0 Å². The first-order valence-electron chi connectivity index (χ1n) is 4.71. The van der Waals surface area contributed by atoms with E-state index in [-0.39, 0.29) is 5.78 Å². The van der Waals surface area contributed by atoms with Crippen molar-refractivity contribution in [2.75, 3.05) is 0 Å². The smallest absolute Gasteiger partial charge is 0.134 e. The summed E-state index contributed by atoms with van der Waals surface area (Å²) in [6, 6.07) is 0. The summed E-state index contributed by atoms with van der Waals surface area (Å²) in [6.07, 6.45) is 7.80. The molecule has 1 aromatic rings. The molecule has 1 aliphatic carbocycles. The van der Waals surface area contributed by atoms with Crippen molar-refractivity contribution in [1.29, 1.82) is 0 Å². The number of rotatable bonds is 2. The number of nitrogens with zero attached hydrogens (tertiary/aromatic N) is 1. The van der Waals surface area contributed by atoms with Gasteiger partial charge in [0.15, 0.2) is 0 Å². The fourth-order valence-corrected chi connectivity index (χ4v) is 1.99. The highest BCUT2D eigenvalue weighted by atomic mass is 16.1. The fourth-order valence-electron chi connectivity index (χ4n) is 1.99. The van der Waals surface area contributed by atoms with Crippen molar-refractivity contribution in [3.8, 4) is 0 Å². The first kappa shape index (κ1) is 8.42. The highest BCUT2D eigenvalue weighted by molar-refractivity contribution is 5.78. The molecule has 0 radical (unpaired) electrons. The lowest BCUT2D eigenvalue weighted by Gasteiger charge is -2.04. The van der Waals surface area contributed by atoms with Gasteiger partial charge in [-0.1, -0.05) is 0 Å². The van der Waals surface area contributed by atoms with Gasteiger partial charge in [0, 0.05) is 18.8 Å². The number of carbonyl (C=O) groups excluding carboxylic acids is 1. The van der Waals surface area contributed by atoms with Crippen LogP contribution in [0.4, 0.5) is 0 Å². The quantitative estimate of drug-likeness (QED) is 0.684. The van der Waals surface area contributed by atoms with E-state index < -0.39 is 0 Å². The largest absolute Gasteiger partial charge is 0.300 e. The zero-order chi connectivity index (χ0) is 9.26. The van der Waals surface area contributed by atoms with E-state index in [1.165, 1.54) is 17.5 Å². The van der Waals surface area contributed by atoms with Crippen molar-refractivity contribution in [3.05, 3.63) is 29.1 Å². The van der Waals surface area contributed by atoms with Crippen LogP contribution in [-0.4, -0.2) is 10.8 Å². The van der Waals surface area contributed by atoms with Crippen molar-refractivity contribution in [2.45, 2.75) is 32.6 Å². The fraction of sp³-hybridized carbons (Fsp3) is 0.455. The predicted molar refractivity (Wildman–Crippen MR) is 50.6 cm³/mol. The van der Waals surface area contributed by atoms with Crippen molar-refractivity contribution >= 4 is 5.78 Å². The summed E-state index contributed by atoms with van der Waals surface area (Å²) in [6.45, 7) is 1.63. The van der Waals surface area contributed by atoms with Crippen LogP contribution in [0, 0.1) is 0 Å². The van der Waals surface area contributed by atoms with Crippen molar-refractivity contribution < 1.29 is 4.79 Å². The third kappa shape index (κ3) is 1.62. The summed E-state index contributed by atoms with van der Waals surface area (Å²) < 4.78 is 0. The number of hydrogen-bond acceptors (Lipinski definition) is 2. The number of aromatic nitrogens is 1. The molecular formula is C11H13NO. The van der Waals surface area contributed by atoms with E-state index in [0.717, 1.165) is 18.4 Å². The Balaban J connectivity index is 2.36. The molecule has 0 amide bonds. The molecule has 0 spiro atoms. The molecule has 0 saturated carbocycles. The van der Waals surface area contributed by atoms with E-state index in [9.17, 15) is 4.79 Å². The number of carbonyl (C=O) groups is 1. The minimum absolute atomic E-state index is 0.224. The first-order valence-corrected chi connectivity index (χ1v) is 4.71. The van der Waals surface area contributed by atoms with Crippen molar-refractivity contribution in [1.82, 2.24) is 4.98 Å². The van der Waals surface area contributed by atoms with Crippen LogP contribution in [0.3, 0.4) is 0 Å². The van der Waals surface area contributed by atoms with Gasteiger partial charge in [-0.15, -0.1) is 0 Å². The Labute approximate surface area is 78.0 Å². The minimum atomic E-state index is 0.224. The van der Waals surface area contributed by atoms with Gasteiger partial charge in [-0.05, 0) is 42.9 Å². The van der Waals surface area contributed by atoms with E-state index in [1.807, 2.05) is 12.4 Å². The Bertz CT molecular complexity index is 344. The van der Waals surface area contributed by atoms with Gasteiger partial charge in [0.2, 0.25) is 0 Å². The van der Waals surface area contributed by atoms with Crippen LogP contribution >= 0.6 is 0 Å². The average Bonchev–Trinajstić information content (AvgIpc) is 2.51. The molecule has 0 fully saturated rings. The lowest BCUT2D eigenvalue weighted by molar-refractivity contribution is -0.116. The molecular weight excluding hydrogens is 162 g/mol. The molecule has 1 aromatic heterocycles. The molecule has 0 unspecified atom stereocenters. The Kier molecular flexibility index (Phi) is 2.13. The highest BCUT2D eigenvalue weighted by Crippen LogP contribution is 2.24. The molecule has 0 aromatic carbocycles. The number of fused-ring (bicyclic) bond motifs is 1. The third-order valence-electron chi connectivity index (χ3n) is 2.55. The van der Waals surface area contributed by atoms with Gasteiger partial charge >= 0.3 is 0 Å². The van der Waals surface area contributed by atoms with Crippen LogP contribution in [0.2, 0.25) is 0 Å². The zero-order valence-corrected chi connectivity index (χ0v) is 7.84. The summed E-state index contributed by atoms with van der Waals surface area (Å²) in [5.41, 5.74) is 3.87. The number of hydrogen-bond donors (Lipinski definition) is 0. The Morgan fingerprint density at radius 3 is 3.08 bits per heavy atom. The van der Waals surface area contributed by atoms with E-state index in [4.69, 9.17) is 0 Å². The van der Waals surface area contributed by atoms with Gasteiger partial charge in [0.25, 0.3) is 0 Å². The Morgan fingerprint density at radius 2 is 2.31 bits per heavy atom. The molecule has 13 heavy (non-hydrogen) atoms. The molecule has 0 saturated heterocycles. The number of aryl methyl sites for hydroxylation is 1. The normalized spacial score (nSPS) is 14.2. The van der Waals surface area contributed by atoms with E-state index >= 15 is 0 Å². The van der Waals surface area contributed by atoms with Crippen LogP contribution in [0.1, 0.15) is 30.0 Å². The van der Waals surface area contributed by atoms with E-state index in [1.54, 1.807) is 6.92 Å². The van der Waals surface area contributed by atoms with Gasteiger partial charge in [0.1, 0.15) is 5.78 Å². The molecule has 0 N–H and O–H groups in total. The topological polar surface area (TPSA) is 30.0 Å². The monoisotopic (exact) mass is 175 g/mol.